The Bertz CT molecular complexity index is 304. The molecule has 0 spiro atoms. The van der Waals surface area contributed by atoms with Crippen LogP contribution in [0.25, 0.3) is 0 Å². The Hall–Kier alpha value is -0.860. The number of hydrogen-bond donors (Lipinski definition) is 2. The molecule has 1 aromatic carbocycles. The number of benzene rings is 1. The Morgan fingerprint density at radius 3 is 2.53 bits per heavy atom. The second-order valence-corrected chi connectivity index (χ2v) is 5.19. The molecule has 0 saturated heterocycles. The summed E-state index contributed by atoms with van der Waals surface area (Å²) >= 11 is 0. The molecule has 0 amide bonds. The molecule has 1 aliphatic rings. The fourth-order valence-electron chi connectivity index (χ4n) is 2.61. The smallest absolute Gasteiger partial charge is 0.0206 e. The lowest BCUT2D eigenvalue weighted by Crippen LogP contribution is -2.41. The Morgan fingerprint density at radius 1 is 1.12 bits per heavy atom. The van der Waals surface area contributed by atoms with Gasteiger partial charge in [0.2, 0.25) is 0 Å². The highest BCUT2D eigenvalue weighted by atomic mass is 14.9. The molecule has 1 saturated carbocycles. The van der Waals surface area contributed by atoms with Gasteiger partial charge in [-0.15, -0.1) is 0 Å². The van der Waals surface area contributed by atoms with Crippen molar-refractivity contribution in [1.29, 1.82) is 0 Å². The minimum Gasteiger partial charge on any atom is -0.326 e. The van der Waals surface area contributed by atoms with Crippen LogP contribution in [0, 0.1) is 0 Å². The van der Waals surface area contributed by atoms with Crippen LogP contribution in [0.3, 0.4) is 0 Å². The van der Waals surface area contributed by atoms with E-state index < -0.39 is 0 Å². The largest absolute Gasteiger partial charge is 0.326 e. The molecule has 0 heterocycles. The summed E-state index contributed by atoms with van der Waals surface area (Å²) in [5.74, 6) is 0. The first kappa shape index (κ1) is 12.6. The van der Waals surface area contributed by atoms with Gasteiger partial charge in [-0.2, -0.15) is 0 Å². The first-order chi connectivity index (χ1) is 8.34. The van der Waals surface area contributed by atoms with Crippen LogP contribution in [0.2, 0.25) is 0 Å². The zero-order chi connectivity index (χ0) is 11.9. The van der Waals surface area contributed by atoms with E-state index in [-0.39, 0.29) is 6.04 Å². The van der Waals surface area contributed by atoms with Crippen LogP contribution in [0.1, 0.15) is 37.7 Å². The van der Waals surface area contributed by atoms with E-state index in [0.717, 1.165) is 13.0 Å². The Labute approximate surface area is 105 Å². The van der Waals surface area contributed by atoms with Crippen LogP contribution in [-0.2, 0) is 6.42 Å². The second-order valence-electron chi connectivity index (χ2n) is 5.19. The first-order valence-corrected chi connectivity index (χ1v) is 6.87. The fraction of sp³-hybridized carbons (Fsp3) is 0.600. The van der Waals surface area contributed by atoms with Crippen LogP contribution in [-0.4, -0.2) is 18.6 Å². The molecule has 94 valence electrons. The Morgan fingerprint density at radius 2 is 1.82 bits per heavy atom. The third-order valence-electron chi connectivity index (χ3n) is 3.61. The average molecular weight is 232 g/mol. The molecule has 1 atom stereocenters. The number of hydrogen-bond acceptors (Lipinski definition) is 2. The molecule has 0 aliphatic heterocycles. The molecule has 17 heavy (non-hydrogen) atoms. The minimum absolute atomic E-state index is 0.235. The van der Waals surface area contributed by atoms with Crippen LogP contribution in [0.15, 0.2) is 30.3 Å². The third kappa shape index (κ3) is 4.49. The highest BCUT2D eigenvalue weighted by Crippen LogP contribution is 2.17. The molecule has 0 bridgehead atoms. The molecule has 3 N–H and O–H groups in total. The SMILES string of the molecule is N[C@H](CNC1CCCCC1)Cc1ccccc1. The van der Waals surface area contributed by atoms with Gasteiger partial charge in [-0.05, 0) is 24.8 Å². The molecule has 2 heteroatoms. The van der Waals surface area contributed by atoms with Crippen molar-refractivity contribution in [2.75, 3.05) is 6.54 Å². The summed E-state index contributed by atoms with van der Waals surface area (Å²) in [7, 11) is 0. The normalized spacial score (nSPS) is 19.1. The van der Waals surface area contributed by atoms with Gasteiger partial charge in [-0.25, -0.2) is 0 Å². The lowest BCUT2D eigenvalue weighted by molar-refractivity contribution is 0.364. The Balaban J connectivity index is 1.68. The van der Waals surface area contributed by atoms with Crippen LogP contribution in [0.4, 0.5) is 0 Å². The van der Waals surface area contributed by atoms with Gasteiger partial charge in [0.25, 0.3) is 0 Å². The number of rotatable bonds is 5. The maximum absolute atomic E-state index is 6.16. The van der Waals surface area contributed by atoms with E-state index in [4.69, 9.17) is 5.73 Å². The summed E-state index contributed by atoms with van der Waals surface area (Å²) in [5.41, 5.74) is 7.50. The van der Waals surface area contributed by atoms with Crippen LogP contribution >= 0.6 is 0 Å². The third-order valence-corrected chi connectivity index (χ3v) is 3.61. The van der Waals surface area contributed by atoms with Crippen molar-refractivity contribution < 1.29 is 0 Å². The van der Waals surface area contributed by atoms with Gasteiger partial charge in [0.05, 0.1) is 0 Å². The molecular weight excluding hydrogens is 208 g/mol. The van der Waals surface area contributed by atoms with Crippen molar-refractivity contribution in [1.82, 2.24) is 5.32 Å². The highest BCUT2D eigenvalue weighted by molar-refractivity contribution is 5.15. The van der Waals surface area contributed by atoms with Crippen molar-refractivity contribution in [3.05, 3.63) is 35.9 Å². The zero-order valence-electron chi connectivity index (χ0n) is 10.6. The van der Waals surface area contributed by atoms with Gasteiger partial charge < -0.3 is 11.1 Å². The minimum atomic E-state index is 0.235. The van der Waals surface area contributed by atoms with E-state index in [2.05, 4.69) is 35.6 Å². The number of nitrogens with two attached hydrogens (primary N) is 1. The quantitative estimate of drug-likeness (QED) is 0.818. The van der Waals surface area contributed by atoms with Crippen LogP contribution < -0.4 is 11.1 Å². The molecule has 2 nitrogen and oxygen atoms in total. The summed E-state index contributed by atoms with van der Waals surface area (Å²) in [6, 6.07) is 11.5. The number of nitrogens with one attached hydrogen (secondary N) is 1. The van der Waals surface area contributed by atoms with Crippen molar-refractivity contribution in [2.24, 2.45) is 5.73 Å². The van der Waals surface area contributed by atoms with Gasteiger partial charge in [0, 0.05) is 18.6 Å². The van der Waals surface area contributed by atoms with Gasteiger partial charge in [0.1, 0.15) is 0 Å². The molecule has 1 aliphatic carbocycles. The topological polar surface area (TPSA) is 38.0 Å². The maximum Gasteiger partial charge on any atom is 0.0206 e. The fourth-order valence-corrected chi connectivity index (χ4v) is 2.61. The van der Waals surface area contributed by atoms with E-state index in [1.54, 1.807) is 0 Å². The summed E-state index contributed by atoms with van der Waals surface area (Å²) in [6.45, 7) is 0.944. The highest BCUT2D eigenvalue weighted by Gasteiger charge is 2.13. The van der Waals surface area contributed by atoms with Crippen molar-refractivity contribution >= 4 is 0 Å². The summed E-state index contributed by atoms with van der Waals surface area (Å²) in [5, 5.41) is 3.62. The van der Waals surface area contributed by atoms with E-state index in [1.165, 1.54) is 37.7 Å². The summed E-state index contributed by atoms with van der Waals surface area (Å²) in [6.07, 6.45) is 7.81. The molecule has 0 aromatic heterocycles. The monoisotopic (exact) mass is 232 g/mol. The van der Waals surface area contributed by atoms with Gasteiger partial charge >= 0.3 is 0 Å². The molecule has 2 rings (SSSR count). The Kier molecular flexibility index (Phi) is 5.02. The first-order valence-electron chi connectivity index (χ1n) is 6.87. The lowest BCUT2D eigenvalue weighted by atomic mass is 9.95. The van der Waals surface area contributed by atoms with E-state index in [9.17, 15) is 0 Å². The molecule has 1 fully saturated rings. The standard InChI is InChI=1S/C15H24N2/c16-14(11-13-7-3-1-4-8-13)12-17-15-9-5-2-6-10-15/h1,3-4,7-8,14-15,17H,2,5-6,9-12,16H2/t14-/m0/s1. The van der Waals surface area contributed by atoms with Gasteiger partial charge in [0.15, 0.2) is 0 Å². The molecule has 1 aromatic rings. The zero-order valence-corrected chi connectivity index (χ0v) is 10.6. The van der Waals surface area contributed by atoms with Crippen molar-refractivity contribution in [2.45, 2.75) is 50.6 Å². The summed E-state index contributed by atoms with van der Waals surface area (Å²) < 4.78 is 0. The summed E-state index contributed by atoms with van der Waals surface area (Å²) in [4.78, 5) is 0. The van der Waals surface area contributed by atoms with Crippen molar-refractivity contribution in [3.63, 3.8) is 0 Å². The molecule has 0 unspecified atom stereocenters. The molecular formula is C15H24N2. The average Bonchev–Trinajstić information content (AvgIpc) is 2.39. The predicted molar refractivity (Wildman–Crippen MR) is 73.0 cm³/mol. The van der Waals surface area contributed by atoms with E-state index in [1.807, 2.05) is 0 Å². The van der Waals surface area contributed by atoms with Gasteiger partial charge in [-0.1, -0.05) is 49.6 Å². The van der Waals surface area contributed by atoms with E-state index in [0.29, 0.717) is 6.04 Å². The van der Waals surface area contributed by atoms with Gasteiger partial charge in [-0.3, -0.25) is 0 Å². The predicted octanol–water partition coefficient (Wildman–Crippen LogP) is 2.48. The van der Waals surface area contributed by atoms with Crippen LogP contribution in [0.5, 0.6) is 0 Å². The second kappa shape index (κ2) is 6.77. The molecule has 0 radical (unpaired) electrons. The van der Waals surface area contributed by atoms with Crippen molar-refractivity contribution in [3.8, 4) is 0 Å². The van der Waals surface area contributed by atoms with E-state index >= 15 is 0 Å². The lowest BCUT2D eigenvalue weighted by Gasteiger charge is -2.24. The maximum atomic E-state index is 6.16.